The molecule has 4 rings (SSSR count). The molecule has 0 atom stereocenters. The van der Waals surface area contributed by atoms with Crippen LogP contribution in [0, 0.1) is 12.7 Å². The molecular formula is C16H11FN4O3S. The van der Waals surface area contributed by atoms with E-state index in [0.717, 1.165) is 5.56 Å². The van der Waals surface area contributed by atoms with Crippen LogP contribution in [0.1, 0.15) is 11.7 Å². The van der Waals surface area contributed by atoms with E-state index in [4.69, 9.17) is 13.4 Å². The topological polar surface area (TPSA) is 91.0 Å². The number of aryl methyl sites for hydroxylation is 1. The Morgan fingerprint density at radius 1 is 1.12 bits per heavy atom. The molecule has 25 heavy (non-hydrogen) atoms. The van der Waals surface area contributed by atoms with Gasteiger partial charge in [-0.15, -0.1) is 10.2 Å². The molecule has 0 amide bonds. The van der Waals surface area contributed by atoms with Crippen molar-refractivity contribution in [3.8, 4) is 22.8 Å². The second-order valence-corrected chi connectivity index (χ2v) is 6.00. The molecular weight excluding hydrogens is 347 g/mol. The summed E-state index contributed by atoms with van der Waals surface area (Å²) in [6.45, 7) is 1.82. The first-order valence-electron chi connectivity index (χ1n) is 7.28. The van der Waals surface area contributed by atoms with Crippen LogP contribution in [-0.4, -0.2) is 20.3 Å². The maximum atomic E-state index is 12.9. The summed E-state index contributed by atoms with van der Waals surface area (Å²) >= 11 is 1.28. The van der Waals surface area contributed by atoms with Crippen LogP contribution in [0.25, 0.3) is 22.8 Å². The summed E-state index contributed by atoms with van der Waals surface area (Å²) in [5, 5.41) is 12.2. The van der Waals surface area contributed by atoms with Crippen molar-refractivity contribution in [1.29, 1.82) is 0 Å². The van der Waals surface area contributed by atoms with Gasteiger partial charge in [-0.2, -0.15) is 4.98 Å². The second-order valence-electron chi connectivity index (χ2n) is 5.07. The molecule has 3 aromatic heterocycles. The van der Waals surface area contributed by atoms with Crippen molar-refractivity contribution in [2.24, 2.45) is 0 Å². The van der Waals surface area contributed by atoms with Gasteiger partial charge in [0.2, 0.25) is 11.7 Å². The van der Waals surface area contributed by atoms with Crippen LogP contribution in [0.4, 0.5) is 4.39 Å². The molecule has 126 valence electrons. The summed E-state index contributed by atoms with van der Waals surface area (Å²) in [4.78, 5) is 4.27. The van der Waals surface area contributed by atoms with E-state index in [1.165, 1.54) is 23.9 Å². The summed E-state index contributed by atoms with van der Waals surface area (Å²) in [7, 11) is 0. The van der Waals surface area contributed by atoms with Gasteiger partial charge in [0.05, 0.1) is 17.6 Å². The molecule has 1 aromatic carbocycles. The summed E-state index contributed by atoms with van der Waals surface area (Å²) in [6, 6.07) is 7.64. The maximum Gasteiger partial charge on any atom is 0.277 e. The molecule has 0 saturated heterocycles. The van der Waals surface area contributed by atoms with E-state index in [2.05, 4.69) is 20.3 Å². The largest absolute Gasteiger partial charge is 0.469 e. The minimum atomic E-state index is -0.317. The fourth-order valence-corrected chi connectivity index (χ4v) is 2.74. The summed E-state index contributed by atoms with van der Waals surface area (Å²) in [5.41, 5.74) is 1.44. The first-order chi connectivity index (χ1) is 12.2. The Labute approximate surface area is 145 Å². The Bertz CT molecular complexity index is 993. The number of furan rings is 1. The van der Waals surface area contributed by atoms with Gasteiger partial charge in [0.15, 0.2) is 0 Å². The van der Waals surface area contributed by atoms with E-state index < -0.39 is 0 Å². The van der Waals surface area contributed by atoms with Crippen molar-refractivity contribution in [3.63, 3.8) is 0 Å². The fourth-order valence-electron chi connectivity index (χ4n) is 2.14. The van der Waals surface area contributed by atoms with Crippen molar-refractivity contribution in [3.05, 3.63) is 54.1 Å². The number of hydrogen-bond donors (Lipinski definition) is 0. The third-order valence-corrected chi connectivity index (χ3v) is 4.19. The lowest BCUT2D eigenvalue weighted by Gasteiger charge is -1.92. The van der Waals surface area contributed by atoms with Crippen molar-refractivity contribution < 1.29 is 17.7 Å². The Kier molecular flexibility index (Phi) is 4.06. The van der Waals surface area contributed by atoms with E-state index in [-0.39, 0.29) is 5.82 Å². The zero-order valence-corrected chi connectivity index (χ0v) is 13.8. The number of rotatable bonds is 5. The van der Waals surface area contributed by atoms with Gasteiger partial charge in [0.25, 0.3) is 11.1 Å². The summed E-state index contributed by atoms with van der Waals surface area (Å²) < 4.78 is 28.9. The molecule has 0 unspecified atom stereocenters. The van der Waals surface area contributed by atoms with Crippen LogP contribution < -0.4 is 0 Å². The highest BCUT2D eigenvalue weighted by atomic mass is 32.2. The van der Waals surface area contributed by atoms with Crippen LogP contribution in [0.15, 0.2) is 55.2 Å². The Morgan fingerprint density at radius 3 is 2.72 bits per heavy atom. The van der Waals surface area contributed by atoms with Gasteiger partial charge in [-0.3, -0.25) is 0 Å². The molecule has 0 saturated carbocycles. The minimum Gasteiger partial charge on any atom is -0.469 e. The molecule has 0 aliphatic heterocycles. The minimum absolute atomic E-state index is 0.317. The van der Waals surface area contributed by atoms with E-state index in [1.54, 1.807) is 24.5 Å². The Hall–Kier alpha value is -2.94. The van der Waals surface area contributed by atoms with Crippen LogP contribution in [0.5, 0.6) is 0 Å². The van der Waals surface area contributed by atoms with E-state index >= 15 is 0 Å². The highest BCUT2D eigenvalue weighted by Gasteiger charge is 2.15. The van der Waals surface area contributed by atoms with Crippen molar-refractivity contribution in [2.75, 3.05) is 0 Å². The zero-order chi connectivity index (χ0) is 17.2. The highest BCUT2D eigenvalue weighted by molar-refractivity contribution is 7.98. The SMILES string of the molecule is Cc1occc1-c1nnc(SCc2nc(-c3ccc(F)cc3)no2)o1. The summed E-state index contributed by atoms with van der Waals surface area (Å²) in [6.07, 6.45) is 1.57. The number of halogens is 1. The monoisotopic (exact) mass is 358 g/mol. The molecule has 0 fully saturated rings. The summed E-state index contributed by atoms with van der Waals surface area (Å²) in [5.74, 6) is 1.97. The van der Waals surface area contributed by atoms with Gasteiger partial charge in [-0.05, 0) is 37.3 Å². The number of hydrogen-bond acceptors (Lipinski definition) is 8. The van der Waals surface area contributed by atoms with Crippen LogP contribution in [0.2, 0.25) is 0 Å². The maximum absolute atomic E-state index is 12.9. The smallest absolute Gasteiger partial charge is 0.277 e. The van der Waals surface area contributed by atoms with E-state index in [1.807, 2.05) is 6.92 Å². The molecule has 0 bridgehead atoms. The molecule has 0 aliphatic rings. The number of benzene rings is 1. The van der Waals surface area contributed by atoms with Gasteiger partial charge < -0.3 is 13.4 Å². The highest BCUT2D eigenvalue weighted by Crippen LogP contribution is 2.28. The van der Waals surface area contributed by atoms with Gasteiger partial charge >= 0.3 is 0 Å². The predicted octanol–water partition coefficient (Wildman–Crippen LogP) is 4.12. The van der Waals surface area contributed by atoms with Crippen molar-refractivity contribution in [1.82, 2.24) is 20.3 Å². The number of aromatic nitrogens is 4. The van der Waals surface area contributed by atoms with Gasteiger partial charge in [-0.25, -0.2) is 4.39 Å². The predicted molar refractivity (Wildman–Crippen MR) is 86.0 cm³/mol. The third kappa shape index (κ3) is 3.31. The first-order valence-corrected chi connectivity index (χ1v) is 8.27. The normalized spacial score (nSPS) is 11.1. The second kappa shape index (κ2) is 6.52. The average molecular weight is 358 g/mol. The number of nitrogens with zero attached hydrogens (tertiary/aromatic N) is 4. The molecule has 0 aliphatic carbocycles. The third-order valence-electron chi connectivity index (χ3n) is 3.39. The van der Waals surface area contributed by atoms with Crippen molar-refractivity contribution >= 4 is 11.8 Å². The molecule has 4 aromatic rings. The van der Waals surface area contributed by atoms with Crippen LogP contribution in [0.3, 0.4) is 0 Å². The quantitative estimate of drug-likeness (QED) is 0.492. The Morgan fingerprint density at radius 2 is 1.96 bits per heavy atom. The number of thioether (sulfide) groups is 1. The van der Waals surface area contributed by atoms with E-state index in [0.29, 0.717) is 39.9 Å². The zero-order valence-electron chi connectivity index (χ0n) is 13.0. The molecule has 0 spiro atoms. The Balaban J connectivity index is 1.43. The molecule has 3 heterocycles. The standard InChI is InChI=1S/C16H11FN4O3S/c1-9-12(6-7-22-9)15-19-20-16(23-15)25-8-13-18-14(21-24-13)10-2-4-11(17)5-3-10/h2-7H,8H2,1H3. The lowest BCUT2D eigenvalue weighted by molar-refractivity contribution is 0.391. The lowest BCUT2D eigenvalue weighted by Crippen LogP contribution is -1.83. The molecule has 9 heteroatoms. The lowest BCUT2D eigenvalue weighted by atomic mass is 10.2. The first kappa shape index (κ1) is 15.6. The fraction of sp³-hybridized carbons (Fsp3) is 0.125. The van der Waals surface area contributed by atoms with Gasteiger partial charge in [-0.1, -0.05) is 16.9 Å². The van der Waals surface area contributed by atoms with Gasteiger partial charge in [0.1, 0.15) is 11.6 Å². The molecule has 0 radical (unpaired) electrons. The van der Waals surface area contributed by atoms with E-state index in [9.17, 15) is 4.39 Å². The molecule has 7 nitrogen and oxygen atoms in total. The van der Waals surface area contributed by atoms with Gasteiger partial charge in [0, 0.05) is 5.56 Å². The molecule has 0 N–H and O–H groups in total. The van der Waals surface area contributed by atoms with Crippen LogP contribution >= 0.6 is 11.8 Å². The van der Waals surface area contributed by atoms with Crippen LogP contribution in [-0.2, 0) is 5.75 Å². The average Bonchev–Trinajstić information content (AvgIpc) is 3.33. The van der Waals surface area contributed by atoms with Crippen molar-refractivity contribution in [2.45, 2.75) is 17.9 Å².